The normalized spacial score (nSPS) is 20.0. The molecule has 0 amide bonds. The van der Waals surface area contributed by atoms with Crippen molar-refractivity contribution in [2.45, 2.75) is 32.7 Å². The standard InChI is InChI=1S/C10H22N2/c1-4-12(7-9(2)11-3)8-10-5-6-10/h9-11H,4-8H2,1-3H3. The van der Waals surface area contributed by atoms with Crippen LogP contribution in [0.1, 0.15) is 26.7 Å². The lowest BCUT2D eigenvalue weighted by molar-refractivity contribution is 0.253. The summed E-state index contributed by atoms with van der Waals surface area (Å²) < 4.78 is 0. The molecule has 1 rings (SSSR count). The lowest BCUT2D eigenvalue weighted by atomic mass is 10.3. The molecule has 2 nitrogen and oxygen atoms in total. The van der Waals surface area contributed by atoms with Crippen molar-refractivity contribution in [2.75, 3.05) is 26.7 Å². The average molecular weight is 170 g/mol. The summed E-state index contributed by atoms with van der Waals surface area (Å²) in [7, 11) is 2.04. The van der Waals surface area contributed by atoms with Gasteiger partial charge in [0.1, 0.15) is 0 Å². The molecule has 2 heteroatoms. The number of nitrogens with one attached hydrogen (secondary N) is 1. The zero-order chi connectivity index (χ0) is 8.97. The smallest absolute Gasteiger partial charge is 0.0163 e. The molecule has 1 aliphatic carbocycles. The fourth-order valence-electron chi connectivity index (χ4n) is 1.48. The van der Waals surface area contributed by atoms with Crippen molar-refractivity contribution in [3.8, 4) is 0 Å². The third-order valence-corrected chi connectivity index (χ3v) is 2.69. The van der Waals surface area contributed by atoms with Crippen LogP contribution in [-0.2, 0) is 0 Å². The Balaban J connectivity index is 2.14. The van der Waals surface area contributed by atoms with Crippen molar-refractivity contribution in [3.63, 3.8) is 0 Å². The fraction of sp³-hybridized carbons (Fsp3) is 1.00. The molecule has 0 saturated heterocycles. The Labute approximate surface area is 76.3 Å². The molecular formula is C10H22N2. The third kappa shape index (κ3) is 3.55. The van der Waals surface area contributed by atoms with Gasteiger partial charge in [-0.05, 0) is 39.3 Å². The van der Waals surface area contributed by atoms with Crippen LogP contribution in [0.4, 0.5) is 0 Å². The molecule has 1 fully saturated rings. The van der Waals surface area contributed by atoms with E-state index >= 15 is 0 Å². The molecule has 72 valence electrons. The third-order valence-electron chi connectivity index (χ3n) is 2.69. The lowest BCUT2D eigenvalue weighted by Crippen LogP contribution is -2.38. The van der Waals surface area contributed by atoms with Gasteiger partial charge in [-0.2, -0.15) is 0 Å². The van der Waals surface area contributed by atoms with E-state index in [4.69, 9.17) is 0 Å². The van der Waals surface area contributed by atoms with Crippen molar-refractivity contribution < 1.29 is 0 Å². The number of rotatable bonds is 6. The van der Waals surface area contributed by atoms with Crippen molar-refractivity contribution in [1.82, 2.24) is 10.2 Å². The molecule has 1 saturated carbocycles. The maximum atomic E-state index is 3.28. The summed E-state index contributed by atoms with van der Waals surface area (Å²) in [6.07, 6.45) is 2.93. The van der Waals surface area contributed by atoms with Gasteiger partial charge in [-0.15, -0.1) is 0 Å². The second-order valence-corrected chi connectivity index (χ2v) is 3.99. The van der Waals surface area contributed by atoms with Gasteiger partial charge in [-0.3, -0.25) is 0 Å². The Bertz CT molecular complexity index is 121. The zero-order valence-electron chi connectivity index (χ0n) is 8.64. The van der Waals surface area contributed by atoms with Crippen LogP contribution in [0.5, 0.6) is 0 Å². The molecule has 1 N–H and O–H groups in total. The highest BCUT2D eigenvalue weighted by Crippen LogP contribution is 2.29. The van der Waals surface area contributed by atoms with Gasteiger partial charge >= 0.3 is 0 Å². The Kier molecular flexibility index (Phi) is 4.02. The highest BCUT2D eigenvalue weighted by molar-refractivity contribution is 4.78. The maximum Gasteiger partial charge on any atom is 0.0163 e. The molecule has 0 aromatic heterocycles. The largest absolute Gasteiger partial charge is 0.316 e. The predicted molar refractivity (Wildman–Crippen MR) is 53.4 cm³/mol. The Morgan fingerprint density at radius 3 is 2.58 bits per heavy atom. The minimum atomic E-state index is 0.628. The van der Waals surface area contributed by atoms with E-state index in [1.165, 1.54) is 32.5 Å². The number of nitrogens with zero attached hydrogens (tertiary/aromatic N) is 1. The van der Waals surface area contributed by atoms with Gasteiger partial charge in [0.05, 0.1) is 0 Å². The van der Waals surface area contributed by atoms with Gasteiger partial charge in [0.25, 0.3) is 0 Å². The highest BCUT2D eigenvalue weighted by Gasteiger charge is 2.23. The molecule has 0 radical (unpaired) electrons. The molecule has 0 aliphatic heterocycles. The molecule has 0 aromatic carbocycles. The first-order valence-corrected chi connectivity index (χ1v) is 5.15. The minimum Gasteiger partial charge on any atom is -0.316 e. The number of hydrogen-bond donors (Lipinski definition) is 1. The summed E-state index contributed by atoms with van der Waals surface area (Å²) in [5.74, 6) is 1.02. The molecule has 1 aliphatic rings. The fourth-order valence-corrected chi connectivity index (χ4v) is 1.48. The Morgan fingerprint density at radius 2 is 2.17 bits per heavy atom. The summed E-state index contributed by atoms with van der Waals surface area (Å²) in [4.78, 5) is 2.55. The summed E-state index contributed by atoms with van der Waals surface area (Å²) in [5, 5.41) is 3.28. The molecule has 0 spiro atoms. The van der Waals surface area contributed by atoms with Crippen molar-refractivity contribution in [3.05, 3.63) is 0 Å². The van der Waals surface area contributed by atoms with E-state index in [0.717, 1.165) is 5.92 Å². The van der Waals surface area contributed by atoms with Gasteiger partial charge in [-0.25, -0.2) is 0 Å². The van der Waals surface area contributed by atoms with Gasteiger partial charge in [0.2, 0.25) is 0 Å². The van der Waals surface area contributed by atoms with Gasteiger partial charge in [0.15, 0.2) is 0 Å². The van der Waals surface area contributed by atoms with E-state index in [2.05, 4.69) is 24.1 Å². The number of hydrogen-bond acceptors (Lipinski definition) is 2. The summed E-state index contributed by atoms with van der Waals surface area (Å²) in [6.45, 7) is 8.22. The molecule has 0 heterocycles. The summed E-state index contributed by atoms with van der Waals surface area (Å²) >= 11 is 0. The summed E-state index contributed by atoms with van der Waals surface area (Å²) in [5.41, 5.74) is 0. The summed E-state index contributed by atoms with van der Waals surface area (Å²) in [6, 6.07) is 0.628. The van der Waals surface area contributed by atoms with Crippen LogP contribution >= 0.6 is 0 Å². The van der Waals surface area contributed by atoms with Crippen LogP contribution in [0.3, 0.4) is 0 Å². The molecule has 1 atom stereocenters. The molecule has 12 heavy (non-hydrogen) atoms. The van der Waals surface area contributed by atoms with Crippen LogP contribution in [0, 0.1) is 5.92 Å². The van der Waals surface area contributed by atoms with Crippen LogP contribution in [0.15, 0.2) is 0 Å². The second kappa shape index (κ2) is 4.83. The quantitative estimate of drug-likeness (QED) is 0.647. The molecule has 0 bridgehead atoms. The van der Waals surface area contributed by atoms with E-state index in [-0.39, 0.29) is 0 Å². The van der Waals surface area contributed by atoms with Crippen LogP contribution in [0.25, 0.3) is 0 Å². The first-order valence-electron chi connectivity index (χ1n) is 5.15. The topological polar surface area (TPSA) is 15.3 Å². The first kappa shape index (κ1) is 10.0. The van der Waals surface area contributed by atoms with E-state index in [0.29, 0.717) is 6.04 Å². The predicted octanol–water partition coefficient (Wildman–Crippen LogP) is 1.33. The van der Waals surface area contributed by atoms with E-state index < -0.39 is 0 Å². The maximum absolute atomic E-state index is 3.28. The van der Waals surface area contributed by atoms with E-state index in [1.807, 2.05) is 7.05 Å². The van der Waals surface area contributed by atoms with Crippen molar-refractivity contribution in [2.24, 2.45) is 5.92 Å². The SMILES string of the molecule is CCN(CC1CC1)CC(C)NC. The first-order chi connectivity index (χ1) is 5.76. The highest BCUT2D eigenvalue weighted by atomic mass is 15.1. The number of likely N-dealkylation sites (N-methyl/N-ethyl adjacent to an activating group) is 2. The monoisotopic (exact) mass is 170 g/mol. The van der Waals surface area contributed by atoms with Crippen LogP contribution < -0.4 is 5.32 Å². The van der Waals surface area contributed by atoms with Crippen LogP contribution in [0.2, 0.25) is 0 Å². The van der Waals surface area contributed by atoms with Crippen molar-refractivity contribution >= 4 is 0 Å². The van der Waals surface area contributed by atoms with Crippen LogP contribution in [-0.4, -0.2) is 37.6 Å². The Morgan fingerprint density at radius 1 is 1.50 bits per heavy atom. The van der Waals surface area contributed by atoms with Gasteiger partial charge < -0.3 is 10.2 Å². The zero-order valence-corrected chi connectivity index (χ0v) is 8.64. The molecular weight excluding hydrogens is 148 g/mol. The van der Waals surface area contributed by atoms with E-state index in [1.54, 1.807) is 0 Å². The minimum absolute atomic E-state index is 0.628. The van der Waals surface area contributed by atoms with Crippen molar-refractivity contribution in [1.29, 1.82) is 0 Å². The second-order valence-electron chi connectivity index (χ2n) is 3.99. The average Bonchev–Trinajstić information content (AvgIpc) is 2.86. The molecule has 0 aromatic rings. The Hall–Kier alpha value is -0.0800. The molecule has 1 unspecified atom stereocenters. The van der Waals surface area contributed by atoms with Gasteiger partial charge in [0, 0.05) is 19.1 Å². The van der Waals surface area contributed by atoms with Gasteiger partial charge in [-0.1, -0.05) is 6.92 Å². The lowest BCUT2D eigenvalue weighted by Gasteiger charge is -2.23. The van der Waals surface area contributed by atoms with E-state index in [9.17, 15) is 0 Å².